The summed E-state index contributed by atoms with van der Waals surface area (Å²) >= 11 is 0. The average Bonchev–Trinajstić information content (AvgIpc) is 3.48. The summed E-state index contributed by atoms with van der Waals surface area (Å²) in [6.07, 6.45) is 25.4. The molecule has 51 heavy (non-hydrogen) atoms. The van der Waals surface area contributed by atoms with Crippen molar-refractivity contribution >= 4 is 21.6 Å². The number of fused-ring (bicyclic) bond motifs is 8. The smallest absolute Gasteiger partial charge is 0.116 e. The first-order chi connectivity index (χ1) is 24.8. The van der Waals surface area contributed by atoms with Crippen LogP contribution in [-0.2, 0) is 19.4 Å². The van der Waals surface area contributed by atoms with Gasteiger partial charge in [-0.25, -0.2) is 0 Å². The SMILES string of the molecule is CCCCCCNC[C@@H]1CC[C@]2(C1)C[C@H]1[C@H]3Cc4cc(O)cc(c4)Cc4ccccc4CN[C@H](C)CSSC[C@H](C3)C[C@H]1[C@]1(C=CC[C@H](C)C1)C2. The Balaban J connectivity index is 1.17. The number of allylic oxidation sites excluding steroid dienone is 2. The minimum Gasteiger partial charge on any atom is -0.508 e. The summed E-state index contributed by atoms with van der Waals surface area (Å²) in [7, 11) is 4.25. The zero-order chi connectivity index (χ0) is 35.3. The number of phenols is 1. The predicted molar refractivity (Wildman–Crippen MR) is 221 cm³/mol. The second-order valence-electron chi connectivity index (χ2n) is 18.3. The van der Waals surface area contributed by atoms with E-state index in [4.69, 9.17) is 0 Å². The second-order valence-corrected chi connectivity index (χ2v) is 20.9. The van der Waals surface area contributed by atoms with Gasteiger partial charge in [-0.1, -0.05) is 97.2 Å². The van der Waals surface area contributed by atoms with Gasteiger partial charge in [-0.05, 0) is 178 Å². The third-order valence-corrected chi connectivity index (χ3v) is 16.7. The maximum Gasteiger partial charge on any atom is 0.116 e. The molecule has 2 aromatic rings. The summed E-state index contributed by atoms with van der Waals surface area (Å²) < 4.78 is 0. The molecule has 280 valence electrons. The van der Waals surface area contributed by atoms with E-state index in [-0.39, 0.29) is 0 Å². The van der Waals surface area contributed by atoms with E-state index < -0.39 is 0 Å². The van der Waals surface area contributed by atoms with E-state index in [9.17, 15) is 5.11 Å². The Hall–Kier alpha value is -1.40. The summed E-state index contributed by atoms with van der Waals surface area (Å²) in [5.74, 6) is 7.53. The van der Waals surface area contributed by atoms with Gasteiger partial charge in [0.15, 0.2) is 0 Å². The van der Waals surface area contributed by atoms with Crippen LogP contribution in [0.3, 0.4) is 0 Å². The standard InChI is InChI=1S/C46H68N2OS2/c1-4-5-6-9-17-47-28-35-14-16-45(26-35)27-43-41-20-37-18-36(22-42(49)23-37)19-39-12-7-8-13-40(39)29-48-34(3)30-50-51-31-38(21-41)24-44(43)46(32-45)15-10-11-33(2)25-46/h7-8,10,12-13,15,18,22-23,33-35,38,41,43-44,47-49H,4-6,9,11,14,16-17,19-21,24-32H2,1-3H3/t33-,34+,35+,38+,41-,43-,44+,45-,46-/m0/s1. The first-order valence-corrected chi connectivity index (χ1v) is 23.6. The van der Waals surface area contributed by atoms with Gasteiger partial charge >= 0.3 is 0 Å². The molecule has 2 spiro atoms. The molecule has 4 bridgehead atoms. The van der Waals surface area contributed by atoms with E-state index in [1.165, 1.54) is 125 Å². The minimum atomic E-state index is 0.364. The molecule has 9 atom stereocenters. The van der Waals surface area contributed by atoms with Crippen LogP contribution in [0.5, 0.6) is 5.75 Å². The molecule has 3 N–H and O–H groups in total. The van der Waals surface area contributed by atoms with Crippen LogP contribution in [0.25, 0.3) is 0 Å². The third-order valence-electron chi connectivity index (χ3n) is 14.0. The molecule has 5 heteroatoms. The molecule has 3 fully saturated rings. The summed E-state index contributed by atoms with van der Waals surface area (Å²) in [4.78, 5) is 0. The number of hydrogen-bond donors (Lipinski definition) is 3. The van der Waals surface area contributed by atoms with Crippen molar-refractivity contribution in [2.24, 2.45) is 46.3 Å². The fourth-order valence-corrected chi connectivity index (χ4v) is 14.6. The topological polar surface area (TPSA) is 44.3 Å². The van der Waals surface area contributed by atoms with Crippen LogP contribution < -0.4 is 10.6 Å². The van der Waals surface area contributed by atoms with Gasteiger partial charge in [-0.15, -0.1) is 0 Å². The summed E-state index contributed by atoms with van der Waals surface area (Å²) in [5.41, 5.74) is 6.23. The van der Waals surface area contributed by atoms with Crippen molar-refractivity contribution in [1.29, 1.82) is 0 Å². The van der Waals surface area contributed by atoms with Gasteiger partial charge in [-0.3, -0.25) is 0 Å². The average molecular weight is 729 g/mol. The lowest BCUT2D eigenvalue weighted by atomic mass is 9.44. The highest BCUT2D eigenvalue weighted by atomic mass is 33.1. The Morgan fingerprint density at radius 3 is 2.65 bits per heavy atom. The number of aromatic hydroxyl groups is 1. The Kier molecular flexibility index (Phi) is 12.9. The lowest BCUT2D eigenvalue weighted by molar-refractivity contribution is -0.0820. The fraction of sp³-hybridized carbons (Fsp3) is 0.696. The van der Waals surface area contributed by atoms with Crippen molar-refractivity contribution in [1.82, 2.24) is 10.6 Å². The van der Waals surface area contributed by atoms with Gasteiger partial charge in [0, 0.05) is 24.1 Å². The molecule has 0 amide bonds. The molecule has 2 aromatic carbocycles. The molecule has 5 aliphatic rings. The van der Waals surface area contributed by atoms with Gasteiger partial charge in [0.25, 0.3) is 0 Å². The highest BCUT2D eigenvalue weighted by Gasteiger charge is 2.58. The van der Waals surface area contributed by atoms with Crippen LogP contribution in [-0.4, -0.2) is 35.7 Å². The molecular formula is C46H68N2OS2. The Morgan fingerprint density at radius 2 is 1.78 bits per heavy atom. The molecule has 7 rings (SSSR count). The van der Waals surface area contributed by atoms with Crippen molar-refractivity contribution in [2.45, 2.75) is 130 Å². The normalized spacial score (nSPS) is 35.7. The molecule has 4 aliphatic carbocycles. The van der Waals surface area contributed by atoms with E-state index >= 15 is 0 Å². The predicted octanol–water partition coefficient (Wildman–Crippen LogP) is 11.4. The summed E-state index contributed by atoms with van der Waals surface area (Å²) in [5, 5.41) is 18.9. The van der Waals surface area contributed by atoms with Gasteiger partial charge in [0.1, 0.15) is 5.75 Å². The van der Waals surface area contributed by atoms with Gasteiger partial charge in [0.05, 0.1) is 0 Å². The molecular weight excluding hydrogens is 661 g/mol. The molecule has 0 unspecified atom stereocenters. The van der Waals surface area contributed by atoms with Crippen molar-refractivity contribution in [2.75, 3.05) is 24.6 Å². The molecule has 0 radical (unpaired) electrons. The van der Waals surface area contributed by atoms with Crippen molar-refractivity contribution in [3.63, 3.8) is 0 Å². The van der Waals surface area contributed by atoms with Gasteiger partial charge < -0.3 is 15.7 Å². The highest BCUT2D eigenvalue weighted by Crippen LogP contribution is 2.67. The van der Waals surface area contributed by atoms with Crippen LogP contribution >= 0.6 is 21.6 Å². The monoisotopic (exact) mass is 728 g/mol. The molecule has 1 heterocycles. The Morgan fingerprint density at radius 1 is 0.941 bits per heavy atom. The zero-order valence-corrected chi connectivity index (χ0v) is 33.8. The van der Waals surface area contributed by atoms with E-state index in [1.807, 2.05) is 6.07 Å². The van der Waals surface area contributed by atoms with Crippen LogP contribution in [0, 0.1) is 46.3 Å². The van der Waals surface area contributed by atoms with E-state index in [2.05, 4.69) is 102 Å². The molecule has 1 aliphatic heterocycles. The number of phenolic OH excluding ortho intramolecular Hbond substituents is 1. The first-order valence-electron chi connectivity index (χ1n) is 21.1. The van der Waals surface area contributed by atoms with Crippen LogP contribution in [0.4, 0.5) is 0 Å². The number of benzene rings is 2. The summed E-state index contributed by atoms with van der Waals surface area (Å²) in [6, 6.07) is 16.0. The van der Waals surface area contributed by atoms with E-state index in [0.717, 1.165) is 54.7 Å². The number of hydrogen-bond acceptors (Lipinski definition) is 5. The molecule has 0 aromatic heterocycles. The number of nitrogens with one attached hydrogen (secondary N) is 2. The number of unbranched alkanes of at least 4 members (excludes halogenated alkanes) is 3. The molecule has 3 saturated carbocycles. The quantitative estimate of drug-likeness (QED) is 0.150. The van der Waals surface area contributed by atoms with Gasteiger partial charge in [-0.2, -0.15) is 0 Å². The minimum absolute atomic E-state index is 0.364. The first kappa shape index (κ1) is 37.9. The highest BCUT2D eigenvalue weighted by molar-refractivity contribution is 8.76. The maximum atomic E-state index is 11.1. The lowest BCUT2D eigenvalue weighted by Crippen LogP contribution is -2.52. The van der Waals surface area contributed by atoms with Crippen molar-refractivity contribution < 1.29 is 5.11 Å². The van der Waals surface area contributed by atoms with Crippen LogP contribution in [0.2, 0.25) is 0 Å². The maximum absolute atomic E-state index is 11.1. The zero-order valence-electron chi connectivity index (χ0n) is 32.1. The van der Waals surface area contributed by atoms with E-state index in [1.54, 1.807) is 0 Å². The van der Waals surface area contributed by atoms with Crippen LogP contribution in [0.1, 0.15) is 126 Å². The second kappa shape index (κ2) is 17.4. The van der Waals surface area contributed by atoms with Crippen LogP contribution in [0.15, 0.2) is 54.6 Å². The largest absolute Gasteiger partial charge is 0.508 e. The Bertz CT molecular complexity index is 1460. The van der Waals surface area contributed by atoms with Gasteiger partial charge in [0.2, 0.25) is 0 Å². The summed E-state index contributed by atoms with van der Waals surface area (Å²) in [6.45, 7) is 10.5. The fourth-order valence-electron chi connectivity index (χ4n) is 11.9. The molecule has 0 saturated heterocycles. The van der Waals surface area contributed by atoms with E-state index in [0.29, 0.717) is 28.5 Å². The van der Waals surface area contributed by atoms with Crippen molar-refractivity contribution in [3.8, 4) is 5.75 Å². The van der Waals surface area contributed by atoms with Crippen molar-refractivity contribution in [3.05, 3.63) is 76.9 Å². The third kappa shape index (κ3) is 9.46. The molecule has 3 nitrogen and oxygen atoms in total. The Labute approximate surface area is 319 Å². The lowest BCUT2D eigenvalue weighted by Gasteiger charge is -2.60. The number of rotatable bonds is 7.